The maximum absolute atomic E-state index is 11.8. The molecule has 0 fully saturated rings. The fraction of sp³-hybridized carbons (Fsp3) is 1.00. The largest absolute Gasteiger partial charge is 0.748 e. The summed E-state index contributed by atoms with van der Waals surface area (Å²) in [6.07, 6.45) is 17.5. The van der Waals surface area contributed by atoms with Crippen molar-refractivity contribution in [2.45, 2.75) is 145 Å². The Balaban J connectivity index is 5.27. The highest BCUT2D eigenvalue weighted by Crippen LogP contribution is 2.21. The molecule has 0 spiro atoms. The van der Waals surface area contributed by atoms with Gasteiger partial charge in [-0.15, -0.1) is 0 Å². The standard InChI is InChI=1S/C37H81N3O15S2Si/c1-4-5-6-7-8-9-10-11-12-13-14-15-16-17-18-19-21-40(2,3)22-20-23-58(53,54-32-36(28-41,29-42)38-24-34(45)26-56(47,48)49)55-33-37(30-43,31-44)39-25-35(46)27-57(50,51)52/h34-35,38-39,41-46,53H,4-33H2,1-3H3,(H-,47,48,49,50,51,52). The summed E-state index contributed by atoms with van der Waals surface area (Å²) in [6.45, 7) is -1.72. The van der Waals surface area contributed by atoms with Crippen LogP contribution in [0.4, 0.5) is 0 Å². The minimum atomic E-state index is -4.78. The van der Waals surface area contributed by atoms with Crippen LogP contribution in [0.5, 0.6) is 0 Å². The first-order chi connectivity index (χ1) is 27.1. The Morgan fingerprint density at radius 3 is 1.31 bits per heavy atom. The second-order valence-electron chi connectivity index (χ2n) is 16.8. The lowest BCUT2D eigenvalue weighted by Crippen LogP contribution is -2.62. The Labute approximate surface area is 350 Å². The molecule has 0 aromatic carbocycles. The third-order valence-corrected chi connectivity index (χ3v) is 14.2. The van der Waals surface area contributed by atoms with Gasteiger partial charge in [0.1, 0.15) is 5.75 Å². The maximum atomic E-state index is 11.8. The zero-order chi connectivity index (χ0) is 44.2. The molecule has 0 aromatic rings. The van der Waals surface area contributed by atoms with Gasteiger partial charge in [-0.1, -0.05) is 96.8 Å². The second-order valence-corrected chi connectivity index (χ2v) is 22.3. The molecule has 350 valence electrons. The summed E-state index contributed by atoms with van der Waals surface area (Å²) in [7, 11) is -9.53. The number of hydrogen-bond donors (Lipinski definition) is 10. The van der Waals surface area contributed by atoms with Crippen molar-refractivity contribution >= 4 is 29.0 Å². The molecule has 0 bridgehead atoms. The number of hydrogen-bond acceptors (Lipinski definition) is 16. The van der Waals surface area contributed by atoms with Crippen molar-refractivity contribution in [3.8, 4) is 0 Å². The van der Waals surface area contributed by atoms with Gasteiger partial charge in [-0.25, -0.2) is 8.42 Å². The van der Waals surface area contributed by atoms with Crippen LogP contribution < -0.4 is 10.6 Å². The van der Waals surface area contributed by atoms with Gasteiger partial charge in [-0.05, 0) is 12.8 Å². The molecular formula is C37H81N3O15S2Si. The van der Waals surface area contributed by atoms with Gasteiger partial charge in [-0.3, -0.25) is 4.55 Å². The molecule has 0 aliphatic heterocycles. The van der Waals surface area contributed by atoms with Gasteiger partial charge in [0.2, 0.25) is 0 Å². The number of unbranched alkanes of at least 4 members (excludes halogenated alkanes) is 15. The van der Waals surface area contributed by atoms with Crippen molar-refractivity contribution in [3.63, 3.8) is 0 Å². The summed E-state index contributed by atoms with van der Waals surface area (Å²) >= 11 is 0. The lowest BCUT2D eigenvalue weighted by Gasteiger charge is -2.38. The molecule has 0 aliphatic rings. The number of aliphatic hydroxyl groups excluding tert-OH is 6. The van der Waals surface area contributed by atoms with Crippen molar-refractivity contribution in [1.29, 1.82) is 0 Å². The molecular weight excluding hydrogens is 819 g/mol. The fourth-order valence-electron chi connectivity index (χ4n) is 6.49. The first-order valence-electron chi connectivity index (χ1n) is 21.1. The van der Waals surface area contributed by atoms with E-state index in [1.54, 1.807) is 0 Å². The van der Waals surface area contributed by atoms with Crippen LogP contribution in [0.1, 0.15) is 116 Å². The molecule has 58 heavy (non-hydrogen) atoms. The van der Waals surface area contributed by atoms with E-state index >= 15 is 0 Å². The highest BCUT2D eigenvalue weighted by atomic mass is 32.2. The molecule has 3 atom stereocenters. The molecule has 0 rings (SSSR count). The van der Waals surface area contributed by atoms with Crippen LogP contribution in [0.15, 0.2) is 0 Å². The third kappa shape index (κ3) is 29.7. The van der Waals surface area contributed by atoms with Crippen molar-refractivity contribution < 1.29 is 74.7 Å². The van der Waals surface area contributed by atoms with E-state index in [-0.39, 0.29) is 6.04 Å². The minimum absolute atomic E-state index is 0.0457. The van der Waals surface area contributed by atoms with Crippen LogP contribution in [0, 0.1) is 0 Å². The van der Waals surface area contributed by atoms with Crippen LogP contribution in [0.2, 0.25) is 6.04 Å². The van der Waals surface area contributed by atoms with Gasteiger partial charge in [0.25, 0.3) is 10.1 Å². The number of nitrogens with one attached hydrogen (secondary N) is 2. The zero-order valence-electron chi connectivity index (χ0n) is 35.6. The first kappa shape index (κ1) is 57.6. The molecule has 0 saturated heterocycles. The van der Waals surface area contributed by atoms with E-state index in [2.05, 4.69) is 31.7 Å². The van der Waals surface area contributed by atoms with Crippen LogP contribution in [-0.4, -0.2) is 189 Å². The van der Waals surface area contributed by atoms with Crippen molar-refractivity contribution in [2.75, 3.05) is 91.4 Å². The van der Waals surface area contributed by atoms with Crippen molar-refractivity contribution in [1.82, 2.24) is 10.6 Å². The lowest BCUT2D eigenvalue weighted by atomic mass is 10.0. The lowest BCUT2D eigenvalue weighted by molar-refractivity contribution is -0.890. The Bertz CT molecular complexity index is 1180. The predicted molar refractivity (Wildman–Crippen MR) is 223 cm³/mol. The number of quaternary nitrogens is 1. The first-order valence-corrected chi connectivity index (χ1v) is 26.3. The van der Waals surface area contributed by atoms with Crippen molar-refractivity contribution in [2.24, 2.45) is 0 Å². The predicted octanol–water partition coefficient (Wildman–Crippen LogP) is 0.460. The molecule has 3 unspecified atom stereocenters. The summed E-state index contributed by atoms with van der Waals surface area (Å²) in [6, 6.07) is -0.0457. The highest BCUT2D eigenvalue weighted by molar-refractivity contribution is 7.86. The van der Waals surface area contributed by atoms with E-state index in [0.29, 0.717) is 17.4 Å². The SMILES string of the molecule is CCCCCCCCCCCCCCCCCC[N+](C)(C)CCC[Si](O)(OCC(CO)(CO)NCC(O)CS(=O)(=O)[O-])OCC(CO)(CO)NCC(O)CS(=O)(=O)O. The smallest absolute Gasteiger partial charge is 0.498 e. The average molecular weight is 900 g/mol. The van der Waals surface area contributed by atoms with Gasteiger partial charge in [0.15, 0.2) is 0 Å². The Hall–Kier alpha value is -0.443. The maximum Gasteiger partial charge on any atom is 0.498 e. The molecule has 0 aromatic heterocycles. The van der Waals surface area contributed by atoms with Gasteiger partial charge in [-0.2, -0.15) is 8.42 Å². The zero-order valence-corrected chi connectivity index (χ0v) is 38.2. The summed E-state index contributed by atoms with van der Waals surface area (Å²) in [5, 5.41) is 65.8. The number of nitrogens with zero attached hydrogens (tertiary/aromatic N) is 1. The van der Waals surface area contributed by atoms with Crippen LogP contribution in [0.25, 0.3) is 0 Å². The fourth-order valence-corrected chi connectivity index (χ4v) is 9.67. The van der Waals surface area contributed by atoms with Crippen molar-refractivity contribution in [3.05, 3.63) is 0 Å². The summed E-state index contributed by atoms with van der Waals surface area (Å²) in [5.41, 5.74) is -3.45. The Kier molecular flexibility index (Phi) is 30.3. The summed E-state index contributed by atoms with van der Waals surface area (Å²) in [4.78, 5) is 11.8. The van der Waals surface area contributed by atoms with E-state index in [0.717, 1.165) is 19.4 Å². The van der Waals surface area contributed by atoms with Gasteiger partial charge in [0, 0.05) is 25.6 Å². The molecule has 0 radical (unpaired) electrons. The van der Waals surface area contributed by atoms with Gasteiger partial charge < -0.3 is 64.0 Å². The molecule has 0 heterocycles. The van der Waals surface area contributed by atoms with E-state index in [4.69, 9.17) is 13.4 Å². The third-order valence-electron chi connectivity index (χ3n) is 10.5. The Morgan fingerprint density at radius 1 is 0.621 bits per heavy atom. The average Bonchev–Trinajstić information content (AvgIpc) is 3.14. The van der Waals surface area contributed by atoms with Crippen LogP contribution in [-0.2, 0) is 29.1 Å². The monoisotopic (exact) mass is 899 g/mol. The number of rotatable bonds is 41. The van der Waals surface area contributed by atoms with E-state index in [9.17, 15) is 56.8 Å². The van der Waals surface area contributed by atoms with Crippen LogP contribution >= 0.6 is 0 Å². The topological polar surface area (TPSA) is 296 Å². The normalized spacial score (nSPS) is 15.4. The highest BCUT2D eigenvalue weighted by Gasteiger charge is 2.44. The minimum Gasteiger partial charge on any atom is -0.748 e. The molecule has 0 aliphatic carbocycles. The van der Waals surface area contributed by atoms with E-state index < -0.39 is 117 Å². The van der Waals surface area contributed by atoms with Crippen LogP contribution in [0.3, 0.4) is 0 Å². The quantitative estimate of drug-likeness (QED) is 0.0173. The number of β-amino-alcohol motifs (C(OH)–C–C–N with tert-alkyl or cyclic N) is 2. The molecule has 10 N–H and O–H groups in total. The summed E-state index contributed by atoms with van der Waals surface area (Å²) < 4.78 is 76.9. The summed E-state index contributed by atoms with van der Waals surface area (Å²) in [5.74, 6) is -2.14. The number of aliphatic hydroxyl groups is 6. The molecule has 0 amide bonds. The second kappa shape index (κ2) is 30.6. The van der Waals surface area contributed by atoms with Gasteiger partial charge >= 0.3 is 8.80 Å². The Morgan fingerprint density at radius 2 is 0.966 bits per heavy atom. The van der Waals surface area contributed by atoms with E-state index in [1.165, 1.54) is 89.9 Å². The van der Waals surface area contributed by atoms with Gasteiger partial charge in [0.05, 0.1) is 106 Å². The van der Waals surface area contributed by atoms with E-state index in [1.807, 2.05) is 0 Å². The molecule has 0 saturated carbocycles. The molecule has 18 nitrogen and oxygen atoms in total. The molecule has 21 heteroatoms.